The lowest BCUT2D eigenvalue weighted by Crippen LogP contribution is -2.13. The van der Waals surface area contributed by atoms with Crippen LogP contribution in [0.5, 0.6) is 0 Å². The van der Waals surface area contributed by atoms with E-state index in [9.17, 15) is 9.59 Å². The van der Waals surface area contributed by atoms with Crippen LogP contribution < -0.4 is 5.69 Å². The number of halogens is 1. The third-order valence-electron chi connectivity index (χ3n) is 2.34. The molecule has 0 fully saturated rings. The van der Waals surface area contributed by atoms with Crippen molar-refractivity contribution in [3.05, 3.63) is 43.9 Å². The van der Waals surface area contributed by atoms with Crippen molar-refractivity contribution in [1.29, 1.82) is 0 Å². The summed E-state index contributed by atoms with van der Waals surface area (Å²) in [6.07, 6.45) is 0. The van der Waals surface area contributed by atoms with Crippen LogP contribution in [0.15, 0.2) is 34.2 Å². The molecule has 1 N–H and O–H groups in total. The zero-order valence-electron chi connectivity index (χ0n) is 9.51. The van der Waals surface area contributed by atoms with Crippen LogP contribution in [-0.4, -0.2) is 26.3 Å². The van der Waals surface area contributed by atoms with E-state index in [0.717, 1.165) is 3.57 Å². The number of hydrogen-bond acceptors (Lipinski definition) is 4. The fraction of sp³-hybridized carbons (Fsp3) is 0.182. The largest absolute Gasteiger partial charge is 0.343 e. The molecule has 0 aliphatic heterocycles. The van der Waals surface area contributed by atoms with Crippen LogP contribution in [0.2, 0.25) is 0 Å². The number of rotatable bonds is 4. The van der Waals surface area contributed by atoms with Gasteiger partial charge in [0.05, 0.1) is 5.75 Å². The quantitative estimate of drug-likeness (QED) is 0.502. The number of aromatic nitrogens is 3. The molecule has 0 aliphatic carbocycles. The van der Waals surface area contributed by atoms with E-state index < -0.39 is 0 Å². The van der Waals surface area contributed by atoms with Gasteiger partial charge >= 0.3 is 5.69 Å². The third kappa shape index (κ3) is 3.02. The van der Waals surface area contributed by atoms with Crippen molar-refractivity contribution in [1.82, 2.24) is 14.8 Å². The summed E-state index contributed by atoms with van der Waals surface area (Å²) in [5, 5.41) is 6.68. The molecule has 0 atom stereocenters. The Morgan fingerprint density at radius 3 is 2.67 bits per heavy atom. The van der Waals surface area contributed by atoms with Crippen LogP contribution in [0, 0.1) is 3.57 Å². The maximum atomic E-state index is 11.9. The maximum absolute atomic E-state index is 11.9. The number of carbonyl (C=O) groups is 1. The number of H-pyrrole nitrogens is 1. The summed E-state index contributed by atoms with van der Waals surface area (Å²) in [6, 6.07) is 7.38. The molecule has 94 valence electrons. The minimum Gasteiger partial charge on any atom is -0.293 e. The number of nitrogens with zero attached hydrogens (tertiary/aromatic N) is 2. The van der Waals surface area contributed by atoms with E-state index in [1.54, 1.807) is 19.2 Å². The molecule has 2 rings (SSSR count). The minimum absolute atomic E-state index is 0.0202. The highest BCUT2D eigenvalue weighted by Crippen LogP contribution is 2.15. The van der Waals surface area contributed by atoms with Crippen LogP contribution in [0.1, 0.15) is 10.4 Å². The van der Waals surface area contributed by atoms with Gasteiger partial charge in [-0.2, -0.15) is 0 Å². The summed E-state index contributed by atoms with van der Waals surface area (Å²) in [6.45, 7) is 0. The van der Waals surface area contributed by atoms with E-state index in [2.05, 4.69) is 32.8 Å². The monoisotopic (exact) mass is 375 g/mol. The Kier molecular flexibility index (Phi) is 4.23. The predicted octanol–water partition coefficient (Wildman–Crippen LogP) is 1.69. The molecule has 0 saturated carbocycles. The molecule has 1 heterocycles. The van der Waals surface area contributed by atoms with Gasteiger partial charge in [-0.15, -0.1) is 5.10 Å². The summed E-state index contributed by atoms with van der Waals surface area (Å²) >= 11 is 3.43. The van der Waals surface area contributed by atoms with Crippen LogP contribution in [0.4, 0.5) is 0 Å². The predicted molar refractivity (Wildman–Crippen MR) is 78.0 cm³/mol. The topological polar surface area (TPSA) is 67.8 Å². The summed E-state index contributed by atoms with van der Waals surface area (Å²) in [7, 11) is 1.61. The number of hydrogen-bond donors (Lipinski definition) is 1. The lowest BCUT2D eigenvalue weighted by molar-refractivity contribution is 0.102. The number of benzene rings is 1. The van der Waals surface area contributed by atoms with Crippen LogP contribution >= 0.6 is 34.4 Å². The Bertz CT molecular complexity index is 618. The summed E-state index contributed by atoms with van der Waals surface area (Å²) in [5.74, 6) is 0.283. The molecule has 2 aromatic rings. The van der Waals surface area contributed by atoms with Crippen molar-refractivity contribution < 1.29 is 4.79 Å². The second-order valence-electron chi connectivity index (χ2n) is 3.59. The van der Waals surface area contributed by atoms with Crippen molar-refractivity contribution in [3.8, 4) is 0 Å². The van der Waals surface area contributed by atoms with E-state index >= 15 is 0 Å². The molecule has 0 bridgehead atoms. The minimum atomic E-state index is -0.279. The molecule has 5 nitrogen and oxygen atoms in total. The van der Waals surface area contributed by atoms with E-state index in [1.165, 1.54) is 16.3 Å². The van der Waals surface area contributed by atoms with Crippen molar-refractivity contribution in [2.75, 3.05) is 5.75 Å². The highest BCUT2D eigenvalue weighted by Gasteiger charge is 2.10. The Morgan fingerprint density at radius 2 is 2.11 bits per heavy atom. The first-order valence-electron chi connectivity index (χ1n) is 5.11. The van der Waals surface area contributed by atoms with Gasteiger partial charge < -0.3 is 0 Å². The number of nitrogens with one attached hydrogen (secondary N) is 1. The first-order chi connectivity index (χ1) is 8.58. The van der Waals surface area contributed by atoms with Gasteiger partial charge in [-0.05, 0) is 34.7 Å². The van der Waals surface area contributed by atoms with Gasteiger partial charge in [0.1, 0.15) is 0 Å². The van der Waals surface area contributed by atoms with Crippen LogP contribution in [-0.2, 0) is 7.05 Å². The molecule has 0 aliphatic rings. The Morgan fingerprint density at radius 1 is 1.44 bits per heavy atom. The molecule has 18 heavy (non-hydrogen) atoms. The van der Waals surface area contributed by atoms with Gasteiger partial charge in [-0.25, -0.2) is 9.89 Å². The zero-order chi connectivity index (χ0) is 13.1. The van der Waals surface area contributed by atoms with Crippen molar-refractivity contribution in [3.63, 3.8) is 0 Å². The molecular weight excluding hydrogens is 365 g/mol. The first-order valence-corrected chi connectivity index (χ1v) is 7.17. The smallest absolute Gasteiger partial charge is 0.293 e. The van der Waals surface area contributed by atoms with Gasteiger partial charge in [0.15, 0.2) is 10.9 Å². The molecule has 1 aromatic carbocycles. The molecule has 1 aromatic heterocycles. The summed E-state index contributed by atoms with van der Waals surface area (Å²) in [4.78, 5) is 23.0. The molecule has 0 radical (unpaired) electrons. The second-order valence-corrected chi connectivity index (χ2v) is 5.78. The van der Waals surface area contributed by atoms with E-state index in [-0.39, 0.29) is 17.2 Å². The summed E-state index contributed by atoms with van der Waals surface area (Å²) in [5.41, 5.74) is 0.391. The standard InChI is InChI=1S/C11H10IN3O2S/c1-15-10(17)13-14-11(15)18-6-9(16)7-2-4-8(12)5-3-7/h2-5H,6H2,1H3,(H,13,17). The lowest BCUT2D eigenvalue weighted by atomic mass is 10.2. The number of thioether (sulfide) groups is 1. The fourth-order valence-electron chi connectivity index (χ4n) is 1.31. The maximum Gasteiger partial charge on any atom is 0.343 e. The number of carbonyl (C=O) groups excluding carboxylic acids is 1. The number of ketones is 1. The average molecular weight is 375 g/mol. The van der Waals surface area contributed by atoms with Gasteiger partial charge in [0.25, 0.3) is 0 Å². The summed E-state index contributed by atoms with van der Waals surface area (Å²) < 4.78 is 2.47. The molecule has 0 spiro atoms. The van der Waals surface area contributed by atoms with E-state index in [0.29, 0.717) is 10.7 Å². The molecule has 0 unspecified atom stereocenters. The fourth-order valence-corrected chi connectivity index (χ4v) is 2.48. The third-order valence-corrected chi connectivity index (χ3v) is 4.09. The SMILES string of the molecule is Cn1c(SCC(=O)c2ccc(I)cc2)n[nH]c1=O. The number of aromatic amines is 1. The van der Waals surface area contributed by atoms with Crippen molar-refractivity contribution >= 4 is 40.1 Å². The van der Waals surface area contributed by atoms with Crippen LogP contribution in [0.25, 0.3) is 0 Å². The number of Topliss-reactive ketones (excluding diaryl/α,β-unsaturated/α-hetero) is 1. The van der Waals surface area contributed by atoms with Crippen LogP contribution in [0.3, 0.4) is 0 Å². The van der Waals surface area contributed by atoms with Gasteiger partial charge in [0, 0.05) is 16.2 Å². The van der Waals surface area contributed by atoms with Gasteiger partial charge in [-0.3, -0.25) is 9.36 Å². The molecule has 0 saturated heterocycles. The Balaban J connectivity index is 2.02. The zero-order valence-corrected chi connectivity index (χ0v) is 12.5. The normalized spacial score (nSPS) is 10.6. The Hall–Kier alpha value is -1.09. The molecule has 0 amide bonds. The van der Waals surface area contributed by atoms with E-state index in [4.69, 9.17) is 0 Å². The highest BCUT2D eigenvalue weighted by molar-refractivity contribution is 14.1. The highest BCUT2D eigenvalue weighted by atomic mass is 127. The first kappa shape index (κ1) is 13.3. The molecule has 7 heteroatoms. The lowest BCUT2D eigenvalue weighted by Gasteiger charge is -2.01. The Labute approximate surface area is 121 Å². The van der Waals surface area contributed by atoms with E-state index in [1.807, 2.05) is 12.1 Å². The van der Waals surface area contributed by atoms with Gasteiger partial charge in [0.2, 0.25) is 0 Å². The van der Waals surface area contributed by atoms with Gasteiger partial charge in [-0.1, -0.05) is 23.9 Å². The molecular formula is C11H10IN3O2S. The van der Waals surface area contributed by atoms with Crippen molar-refractivity contribution in [2.45, 2.75) is 5.16 Å². The van der Waals surface area contributed by atoms with Crippen molar-refractivity contribution in [2.24, 2.45) is 7.05 Å². The average Bonchev–Trinajstić information content (AvgIpc) is 2.68. The second kappa shape index (κ2) is 5.70.